The minimum atomic E-state index is -0.000642. The monoisotopic (exact) mass is 276 g/mol. The van der Waals surface area contributed by atoms with Gasteiger partial charge in [0.2, 0.25) is 0 Å². The number of aromatic nitrogens is 1. The molecule has 2 rings (SSSR count). The number of hydrogen-bond acceptors (Lipinski definition) is 4. The summed E-state index contributed by atoms with van der Waals surface area (Å²) >= 11 is 0. The molecule has 0 aromatic carbocycles. The number of likely N-dealkylation sites (tertiary alicyclic amines) is 1. The van der Waals surface area contributed by atoms with Gasteiger partial charge in [0.05, 0.1) is 0 Å². The summed E-state index contributed by atoms with van der Waals surface area (Å²) in [6, 6.07) is 3.70. The van der Waals surface area contributed by atoms with Crippen LogP contribution in [0.15, 0.2) is 18.3 Å². The first-order valence-corrected chi connectivity index (χ1v) is 7.24. The summed E-state index contributed by atoms with van der Waals surface area (Å²) < 4.78 is 0. The molecule has 0 spiro atoms. The van der Waals surface area contributed by atoms with Gasteiger partial charge in [-0.3, -0.25) is 9.78 Å². The van der Waals surface area contributed by atoms with E-state index in [1.54, 1.807) is 11.1 Å². The van der Waals surface area contributed by atoms with Gasteiger partial charge in [0.1, 0.15) is 5.69 Å². The Bertz CT molecular complexity index is 463. The van der Waals surface area contributed by atoms with Crippen LogP contribution in [0.1, 0.15) is 23.8 Å². The molecule has 0 saturated carbocycles. The van der Waals surface area contributed by atoms with Crippen molar-refractivity contribution in [2.45, 2.75) is 13.3 Å². The molecule has 0 aliphatic carbocycles. The average molecular weight is 276 g/mol. The molecular weight excluding hydrogens is 252 g/mol. The lowest BCUT2D eigenvalue weighted by Crippen LogP contribution is -2.33. The van der Waals surface area contributed by atoms with Crippen molar-refractivity contribution >= 4 is 11.6 Å². The van der Waals surface area contributed by atoms with E-state index in [-0.39, 0.29) is 5.91 Å². The summed E-state index contributed by atoms with van der Waals surface area (Å²) in [5.74, 6) is 0.574. The number of nitrogens with zero attached hydrogens (tertiary/aromatic N) is 3. The van der Waals surface area contributed by atoms with Crippen molar-refractivity contribution in [1.82, 2.24) is 14.8 Å². The van der Waals surface area contributed by atoms with Crippen LogP contribution in [0, 0.1) is 5.92 Å². The molecule has 1 amide bonds. The highest BCUT2D eigenvalue weighted by Gasteiger charge is 2.23. The Hall–Kier alpha value is -1.62. The van der Waals surface area contributed by atoms with Crippen molar-refractivity contribution in [3.05, 3.63) is 24.0 Å². The molecule has 2 heterocycles. The highest BCUT2D eigenvalue weighted by molar-refractivity contribution is 5.92. The smallest absolute Gasteiger partial charge is 0.272 e. The molecule has 1 aromatic rings. The zero-order chi connectivity index (χ0) is 14.5. The highest BCUT2D eigenvalue weighted by Crippen LogP contribution is 2.16. The van der Waals surface area contributed by atoms with Gasteiger partial charge in [0, 0.05) is 38.6 Å². The van der Waals surface area contributed by atoms with Crippen LogP contribution in [0.2, 0.25) is 0 Å². The summed E-state index contributed by atoms with van der Waals surface area (Å²) in [5.41, 5.74) is 1.46. The molecule has 1 saturated heterocycles. The molecule has 5 nitrogen and oxygen atoms in total. The Morgan fingerprint density at radius 1 is 1.60 bits per heavy atom. The molecular formula is C15H24N4O. The first-order chi connectivity index (χ1) is 9.60. The lowest BCUT2D eigenvalue weighted by molar-refractivity contribution is 0.0768. The van der Waals surface area contributed by atoms with Crippen molar-refractivity contribution < 1.29 is 4.79 Å². The molecule has 0 bridgehead atoms. The molecule has 110 valence electrons. The van der Waals surface area contributed by atoms with Gasteiger partial charge in [-0.25, -0.2) is 0 Å². The van der Waals surface area contributed by atoms with Crippen molar-refractivity contribution in [2.24, 2.45) is 5.92 Å². The number of rotatable bonds is 5. The second kappa shape index (κ2) is 6.70. The van der Waals surface area contributed by atoms with Crippen LogP contribution in [0.25, 0.3) is 0 Å². The summed E-state index contributed by atoms with van der Waals surface area (Å²) in [7, 11) is 3.99. The molecule has 0 radical (unpaired) electrons. The Morgan fingerprint density at radius 2 is 2.40 bits per heavy atom. The van der Waals surface area contributed by atoms with Crippen molar-refractivity contribution in [1.29, 1.82) is 0 Å². The molecule has 1 N–H and O–H groups in total. The zero-order valence-electron chi connectivity index (χ0n) is 12.6. The fourth-order valence-electron chi connectivity index (χ4n) is 2.70. The topological polar surface area (TPSA) is 48.5 Å². The molecule has 1 aliphatic heterocycles. The van der Waals surface area contributed by atoms with E-state index in [0.29, 0.717) is 11.6 Å². The average Bonchev–Trinajstić information content (AvgIpc) is 2.84. The number of amides is 1. The lowest BCUT2D eigenvalue weighted by Gasteiger charge is -2.21. The van der Waals surface area contributed by atoms with E-state index in [4.69, 9.17) is 0 Å². The van der Waals surface area contributed by atoms with Gasteiger partial charge in [0.25, 0.3) is 5.91 Å². The normalized spacial score (nSPS) is 19.1. The molecule has 1 fully saturated rings. The van der Waals surface area contributed by atoms with Gasteiger partial charge in [-0.05, 0) is 45.0 Å². The van der Waals surface area contributed by atoms with Crippen LogP contribution in [0.3, 0.4) is 0 Å². The number of pyridine rings is 1. The van der Waals surface area contributed by atoms with Crippen LogP contribution >= 0.6 is 0 Å². The summed E-state index contributed by atoms with van der Waals surface area (Å²) in [5, 5.41) is 3.20. The van der Waals surface area contributed by atoms with E-state index in [2.05, 4.69) is 22.2 Å². The van der Waals surface area contributed by atoms with Crippen LogP contribution in [0.5, 0.6) is 0 Å². The fraction of sp³-hybridized carbons (Fsp3) is 0.600. The second-order valence-corrected chi connectivity index (χ2v) is 5.56. The number of nitrogens with one attached hydrogen (secondary N) is 1. The molecule has 20 heavy (non-hydrogen) atoms. The van der Waals surface area contributed by atoms with E-state index in [1.807, 2.05) is 26.1 Å². The molecule has 1 aromatic heterocycles. The third kappa shape index (κ3) is 3.70. The van der Waals surface area contributed by atoms with E-state index in [9.17, 15) is 4.79 Å². The molecule has 1 unspecified atom stereocenters. The number of anilines is 1. The Balaban J connectivity index is 1.97. The second-order valence-electron chi connectivity index (χ2n) is 5.56. The number of hydrogen-bond donors (Lipinski definition) is 1. The maximum atomic E-state index is 12.4. The van der Waals surface area contributed by atoms with E-state index < -0.39 is 0 Å². The first-order valence-electron chi connectivity index (χ1n) is 7.24. The van der Waals surface area contributed by atoms with Crippen LogP contribution in [-0.2, 0) is 0 Å². The number of carbonyl (C=O) groups excluding carboxylic acids is 1. The van der Waals surface area contributed by atoms with E-state index in [0.717, 1.165) is 31.9 Å². The summed E-state index contributed by atoms with van der Waals surface area (Å²) in [4.78, 5) is 20.7. The summed E-state index contributed by atoms with van der Waals surface area (Å²) in [6.07, 6.45) is 2.85. The minimum absolute atomic E-state index is 0.000642. The Labute approximate surface area is 121 Å². The predicted octanol–water partition coefficient (Wildman–Crippen LogP) is 1.54. The van der Waals surface area contributed by atoms with Gasteiger partial charge >= 0.3 is 0 Å². The lowest BCUT2D eigenvalue weighted by atomic mass is 10.1. The van der Waals surface area contributed by atoms with Gasteiger partial charge in [-0.15, -0.1) is 0 Å². The van der Waals surface area contributed by atoms with Crippen molar-refractivity contribution in [2.75, 3.05) is 45.6 Å². The summed E-state index contributed by atoms with van der Waals surface area (Å²) in [6.45, 7) is 5.87. The SMILES string of the molecule is CCNc1ccnc(C(=O)N(C)CC2CCN(C)C2)c1. The largest absolute Gasteiger partial charge is 0.385 e. The zero-order valence-corrected chi connectivity index (χ0v) is 12.6. The standard InChI is InChI=1S/C15H24N4O/c1-4-16-13-5-7-17-14(9-13)15(20)19(3)11-12-6-8-18(2)10-12/h5,7,9,12H,4,6,8,10-11H2,1-3H3,(H,16,17). The predicted molar refractivity (Wildman–Crippen MR) is 81.0 cm³/mol. The van der Waals surface area contributed by atoms with Gasteiger partial charge in [0.15, 0.2) is 0 Å². The third-order valence-corrected chi connectivity index (χ3v) is 3.73. The van der Waals surface area contributed by atoms with E-state index >= 15 is 0 Å². The van der Waals surface area contributed by atoms with Crippen molar-refractivity contribution in [3.63, 3.8) is 0 Å². The first kappa shape index (κ1) is 14.8. The maximum Gasteiger partial charge on any atom is 0.272 e. The highest BCUT2D eigenvalue weighted by atomic mass is 16.2. The molecule has 1 atom stereocenters. The third-order valence-electron chi connectivity index (χ3n) is 3.73. The van der Waals surface area contributed by atoms with Gasteiger partial charge < -0.3 is 15.1 Å². The van der Waals surface area contributed by atoms with E-state index in [1.165, 1.54) is 6.42 Å². The Morgan fingerprint density at radius 3 is 3.05 bits per heavy atom. The molecule has 1 aliphatic rings. The maximum absolute atomic E-state index is 12.4. The minimum Gasteiger partial charge on any atom is -0.385 e. The van der Waals surface area contributed by atoms with Crippen LogP contribution < -0.4 is 5.32 Å². The number of carbonyl (C=O) groups is 1. The van der Waals surface area contributed by atoms with Crippen LogP contribution in [0.4, 0.5) is 5.69 Å². The fourth-order valence-corrected chi connectivity index (χ4v) is 2.70. The van der Waals surface area contributed by atoms with Gasteiger partial charge in [-0.2, -0.15) is 0 Å². The van der Waals surface area contributed by atoms with Crippen molar-refractivity contribution in [3.8, 4) is 0 Å². The molecule has 5 heteroatoms. The van der Waals surface area contributed by atoms with Crippen LogP contribution in [-0.4, -0.2) is 61.0 Å². The Kier molecular flexibility index (Phi) is 4.95. The van der Waals surface area contributed by atoms with Gasteiger partial charge in [-0.1, -0.05) is 0 Å². The quantitative estimate of drug-likeness (QED) is 0.886.